The molecule has 9 nitrogen and oxygen atoms in total. The summed E-state index contributed by atoms with van der Waals surface area (Å²) in [6.07, 6.45) is 3.67. The fourth-order valence-electron chi connectivity index (χ4n) is 4.32. The van der Waals surface area contributed by atoms with E-state index in [1.165, 1.54) is 18.0 Å². The predicted octanol–water partition coefficient (Wildman–Crippen LogP) is 6.02. The average molecular weight is 572 g/mol. The van der Waals surface area contributed by atoms with Gasteiger partial charge in [-0.25, -0.2) is 9.78 Å². The summed E-state index contributed by atoms with van der Waals surface area (Å²) in [4.78, 5) is 30.1. The number of halogens is 1. The quantitative estimate of drug-likeness (QED) is 0.115. The highest BCUT2D eigenvalue weighted by Crippen LogP contribution is 2.34. The maximum Gasteiger partial charge on any atom is 0.343 e. The Morgan fingerprint density at radius 1 is 1.15 bits per heavy atom. The van der Waals surface area contributed by atoms with Crippen molar-refractivity contribution in [3.05, 3.63) is 99.8 Å². The minimum Gasteiger partial charge on any atom is -0.490 e. The van der Waals surface area contributed by atoms with Crippen molar-refractivity contribution in [2.24, 2.45) is 5.10 Å². The van der Waals surface area contributed by atoms with Crippen LogP contribution in [0.5, 0.6) is 11.5 Å². The van der Waals surface area contributed by atoms with E-state index in [1.54, 1.807) is 54.6 Å². The molecule has 0 bridgehead atoms. The van der Waals surface area contributed by atoms with Gasteiger partial charge in [0.15, 0.2) is 23.9 Å². The fraction of sp³-hybridized carbons (Fsp3) is 0.161. The number of methoxy groups -OCH3 is 1. The standard InChI is InChI=1S/C31H26ClN3O6/c1-4-8-20-13-19(14-26(39-5-2)29(20)40-18-28(36)38-3)17-33-35-30(34-24-10-7-6-9-23(24)31(35)37)27-16-21-15-22(32)11-12-25(21)41-27/h4,6-7,9-17H,1,5,8,18H2,2-3H3. The number of hydrogen-bond acceptors (Lipinski definition) is 8. The Hall–Kier alpha value is -4.89. The number of rotatable bonds is 10. The van der Waals surface area contributed by atoms with Gasteiger partial charge in [0.05, 0.1) is 30.8 Å². The Morgan fingerprint density at radius 2 is 1.98 bits per heavy atom. The molecule has 0 radical (unpaired) electrons. The minimum absolute atomic E-state index is 0.228. The highest BCUT2D eigenvalue weighted by atomic mass is 35.5. The summed E-state index contributed by atoms with van der Waals surface area (Å²) in [6.45, 7) is 5.74. The molecule has 0 saturated carbocycles. The van der Waals surface area contributed by atoms with Crippen LogP contribution < -0.4 is 15.0 Å². The zero-order valence-electron chi connectivity index (χ0n) is 22.4. The van der Waals surface area contributed by atoms with Crippen molar-refractivity contribution in [2.75, 3.05) is 20.3 Å². The molecule has 0 atom stereocenters. The van der Waals surface area contributed by atoms with Gasteiger partial charge >= 0.3 is 5.97 Å². The van der Waals surface area contributed by atoms with Crippen LogP contribution in [0.15, 0.2) is 87.6 Å². The van der Waals surface area contributed by atoms with Crippen LogP contribution >= 0.6 is 11.6 Å². The first-order valence-corrected chi connectivity index (χ1v) is 13.2. The van der Waals surface area contributed by atoms with Crippen molar-refractivity contribution < 1.29 is 23.4 Å². The van der Waals surface area contributed by atoms with Crippen LogP contribution in [0.4, 0.5) is 0 Å². The second-order valence-electron chi connectivity index (χ2n) is 8.90. The van der Waals surface area contributed by atoms with Crippen LogP contribution in [0, 0.1) is 0 Å². The van der Waals surface area contributed by atoms with Gasteiger partial charge in [0, 0.05) is 16.0 Å². The van der Waals surface area contributed by atoms with Crippen molar-refractivity contribution in [3.63, 3.8) is 0 Å². The van der Waals surface area contributed by atoms with Crippen molar-refractivity contribution in [1.29, 1.82) is 0 Å². The molecule has 0 N–H and O–H groups in total. The molecule has 2 aromatic heterocycles. The molecule has 0 aliphatic carbocycles. The third kappa shape index (κ3) is 5.85. The molecule has 0 fully saturated rings. The smallest absolute Gasteiger partial charge is 0.343 e. The first kappa shape index (κ1) is 27.7. The van der Waals surface area contributed by atoms with E-state index >= 15 is 0 Å². The van der Waals surface area contributed by atoms with E-state index in [1.807, 2.05) is 19.1 Å². The molecular formula is C31H26ClN3O6. The molecular weight excluding hydrogens is 546 g/mol. The molecule has 5 rings (SSSR count). The van der Waals surface area contributed by atoms with E-state index in [-0.39, 0.29) is 18.0 Å². The van der Waals surface area contributed by atoms with Crippen LogP contribution in [0.3, 0.4) is 0 Å². The maximum atomic E-state index is 13.6. The third-order valence-corrected chi connectivity index (χ3v) is 6.39. The molecule has 41 heavy (non-hydrogen) atoms. The number of para-hydroxylation sites is 1. The number of esters is 1. The third-order valence-electron chi connectivity index (χ3n) is 6.16. The lowest BCUT2D eigenvalue weighted by atomic mass is 10.1. The number of nitrogens with zero attached hydrogens (tertiary/aromatic N) is 3. The Balaban J connectivity index is 1.64. The molecule has 3 aromatic carbocycles. The molecule has 0 aliphatic rings. The zero-order valence-corrected chi connectivity index (χ0v) is 23.2. The first-order valence-electron chi connectivity index (χ1n) is 12.8. The molecule has 0 aliphatic heterocycles. The Kier molecular flexibility index (Phi) is 8.16. The summed E-state index contributed by atoms with van der Waals surface area (Å²) in [7, 11) is 1.29. The first-order chi connectivity index (χ1) is 19.9. The van der Waals surface area contributed by atoms with Gasteiger partial charge in [-0.15, -0.1) is 6.58 Å². The lowest BCUT2D eigenvalue weighted by Crippen LogP contribution is -2.20. The van der Waals surface area contributed by atoms with Crippen LogP contribution in [0.2, 0.25) is 5.02 Å². The molecule has 5 aromatic rings. The number of aromatic nitrogens is 2. The van der Waals surface area contributed by atoms with Gasteiger partial charge in [0.2, 0.25) is 5.82 Å². The zero-order chi connectivity index (χ0) is 28.9. The summed E-state index contributed by atoms with van der Waals surface area (Å²) < 4.78 is 23.5. The maximum absolute atomic E-state index is 13.6. The van der Waals surface area contributed by atoms with Crippen LogP contribution in [-0.2, 0) is 16.0 Å². The van der Waals surface area contributed by atoms with Gasteiger partial charge in [-0.05, 0) is 67.4 Å². The van der Waals surface area contributed by atoms with Gasteiger partial charge in [-0.2, -0.15) is 9.78 Å². The lowest BCUT2D eigenvalue weighted by Gasteiger charge is -2.16. The summed E-state index contributed by atoms with van der Waals surface area (Å²) in [5.41, 5.74) is 2.08. The van der Waals surface area contributed by atoms with Crippen molar-refractivity contribution in [2.45, 2.75) is 13.3 Å². The van der Waals surface area contributed by atoms with E-state index < -0.39 is 5.97 Å². The molecule has 2 heterocycles. The number of carbonyl (C=O) groups is 1. The van der Waals surface area contributed by atoms with Crippen LogP contribution in [0.1, 0.15) is 18.1 Å². The van der Waals surface area contributed by atoms with Crippen molar-refractivity contribution in [3.8, 4) is 23.1 Å². The van der Waals surface area contributed by atoms with Gasteiger partial charge in [-0.3, -0.25) is 4.79 Å². The number of ether oxygens (including phenoxy) is 3. The molecule has 0 amide bonds. The number of fused-ring (bicyclic) bond motifs is 2. The average Bonchev–Trinajstić information content (AvgIpc) is 3.39. The van der Waals surface area contributed by atoms with Gasteiger partial charge < -0.3 is 18.6 Å². The lowest BCUT2D eigenvalue weighted by molar-refractivity contribution is -0.142. The predicted molar refractivity (Wildman–Crippen MR) is 158 cm³/mol. The summed E-state index contributed by atoms with van der Waals surface area (Å²) in [5, 5.41) is 6.28. The van der Waals surface area contributed by atoms with Gasteiger partial charge in [0.25, 0.3) is 5.56 Å². The molecule has 208 valence electrons. The van der Waals surface area contributed by atoms with E-state index in [0.29, 0.717) is 57.4 Å². The number of furan rings is 1. The van der Waals surface area contributed by atoms with E-state index in [0.717, 1.165) is 10.9 Å². The largest absolute Gasteiger partial charge is 0.490 e. The monoisotopic (exact) mass is 571 g/mol. The van der Waals surface area contributed by atoms with Gasteiger partial charge in [-0.1, -0.05) is 29.8 Å². The summed E-state index contributed by atoms with van der Waals surface area (Å²) >= 11 is 6.17. The van der Waals surface area contributed by atoms with E-state index in [4.69, 9.17) is 35.2 Å². The van der Waals surface area contributed by atoms with Crippen molar-refractivity contribution >= 4 is 45.7 Å². The summed E-state index contributed by atoms with van der Waals surface area (Å²) in [5.74, 6) is 0.880. The molecule has 0 saturated heterocycles. The normalized spacial score (nSPS) is 11.3. The van der Waals surface area contributed by atoms with Crippen LogP contribution in [0.25, 0.3) is 33.5 Å². The highest BCUT2D eigenvalue weighted by Gasteiger charge is 2.18. The second kappa shape index (κ2) is 12.1. The number of allylic oxidation sites excluding steroid dienone is 1. The molecule has 0 spiro atoms. The van der Waals surface area contributed by atoms with Gasteiger partial charge in [0.1, 0.15) is 5.58 Å². The highest BCUT2D eigenvalue weighted by molar-refractivity contribution is 6.31. The number of hydrogen-bond donors (Lipinski definition) is 0. The number of benzene rings is 3. The fourth-order valence-corrected chi connectivity index (χ4v) is 4.50. The van der Waals surface area contributed by atoms with E-state index in [9.17, 15) is 9.59 Å². The minimum atomic E-state index is -0.522. The summed E-state index contributed by atoms with van der Waals surface area (Å²) in [6, 6.07) is 17.6. The topological polar surface area (TPSA) is 105 Å². The molecule has 10 heteroatoms. The Labute approximate surface area is 240 Å². The number of carbonyl (C=O) groups excluding carboxylic acids is 1. The SMILES string of the molecule is C=CCc1cc(C=Nn2c(-c3cc4cc(Cl)ccc4o3)nc3ccccc3c2=O)cc(OCC)c1OCC(=O)OC. The van der Waals surface area contributed by atoms with E-state index in [2.05, 4.69) is 11.7 Å². The molecule has 0 unspecified atom stereocenters. The second-order valence-corrected chi connectivity index (χ2v) is 9.34. The Morgan fingerprint density at radius 3 is 2.76 bits per heavy atom. The Bertz CT molecular complexity index is 1860. The van der Waals surface area contributed by atoms with Crippen LogP contribution in [-0.4, -0.2) is 42.2 Å². The van der Waals surface area contributed by atoms with Crippen molar-refractivity contribution in [1.82, 2.24) is 9.66 Å².